The van der Waals surface area contributed by atoms with Gasteiger partial charge in [-0.05, 0) is 12.8 Å². The average molecular weight is 260 g/mol. The largest absolute Gasteiger partial charge is 0.463 e. The van der Waals surface area contributed by atoms with Crippen molar-refractivity contribution in [2.24, 2.45) is 4.99 Å². The predicted octanol–water partition coefficient (Wildman–Crippen LogP) is 0.677. The van der Waals surface area contributed by atoms with Crippen molar-refractivity contribution in [2.75, 3.05) is 13.7 Å². The van der Waals surface area contributed by atoms with Gasteiger partial charge in [0.1, 0.15) is 12.0 Å². The number of hydrogen-bond donors (Lipinski definition) is 1. The standard InChI is InChI=1S/C10H16N2O4S/c1-6(13)15-5-7-3-4-8-9(16-7)17-10(11-8)12-14-2/h7-9H,3-5H2,1-2H3,(H,11,12). The second kappa shape index (κ2) is 5.70. The summed E-state index contributed by atoms with van der Waals surface area (Å²) in [7, 11) is 1.55. The predicted molar refractivity (Wildman–Crippen MR) is 63.5 cm³/mol. The SMILES string of the molecule is CONC1=NC2CCC(COC(C)=O)OC2S1. The molecule has 2 heterocycles. The van der Waals surface area contributed by atoms with Crippen LogP contribution in [-0.2, 0) is 19.1 Å². The number of hydrogen-bond acceptors (Lipinski definition) is 7. The molecular weight excluding hydrogens is 244 g/mol. The van der Waals surface area contributed by atoms with Crippen LogP contribution in [-0.4, -0.2) is 42.4 Å². The van der Waals surface area contributed by atoms with Gasteiger partial charge < -0.3 is 9.47 Å². The fourth-order valence-corrected chi connectivity index (χ4v) is 2.95. The van der Waals surface area contributed by atoms with Crippen molar-refractivity contribution in [1.82, 2.24) is 5.48 Å². The van der Waals surface area contributed by atoms with Crippen molar-refractivity contribution in [3.05, 3.63) is 0 Å². The number of fused-ring (bicyclic) bond motifs is 1. The summed E-state index contributed by atoms with van der Waals surface area (Å²) in [5.74, 6) is -0.271. The van der Waals surface area contributed by atoms with Crippen molar-refractivity contribution >= 4 is 22.9 Å². The lowest BCUT2D eigenvalue weighted by Gasteiger charge is -2.29. The van der Waals surface area contributed by atoms with E-state index in [-0.39, 0.29) is 23.6 Å². The quantitative estimate of drug-likeness (QED) is 0.594. The fourth-order valence-electron chi connectivity index (χ4n) is 1.83. The van der Waals surface area contributed by atoms with E-state index in [9.17, 15) is 4.79 Å². The molecule has 1 fully saturated rings. The molecule has 96 valence electrons. The van der Waals surface area contributed by atoms with E-state index in [1.165, 1.54) is 18.7 Å². The number of esters is 1. The molecule has 0 aliphatic carbocycles. The number of hydroxylamine groups is 1. The number of aliphatic imine (C=N–C) groups is 1. The smallest absolute Gasteiger partial charge is 0.302 e. The maximum Gasteiger partial charge on any atom is 0.302 e. The Morgan fingerprint density at radius 3 is 3.18 bits per heavy atom. The first-order valence-electron chi connectivity index (χ1n) is 5.51. The molecule has 0 aromatic carbocycles. The lowest BCUT2D eigenvalue weighted by molar-refractivity contribution is -0.147. The molecule has 0 radical (unpaired) electrons. The van der Waals surface area contributed by atoms with Crippen molar-refractivity contribution in [2.45, 2.75) is 37.3 Å². The molecule has 0 bridgehead atoms. The molecule has 0 spiro atoms. The minimum Gasteiger partial charge on any atom is -0.463 e. The van der Waals surface area contributed by atoms with Crippen LogP contribution in [0.15, 0.2) is 4.99 Å². The number of carbonyl (C=O) groups excluding carboxylic acids is 1. The third kappa shape index (κ3) is 3.34. The van der Waals surface area contributed by atoms with Gasteiger partial charge in [0, 0.05) is 6.92 Å². The van der Waals surface area contributed by atoms with Gasteiger partial charge in [-0.3, -0.25) is 14.6 Å². The van der Waals surface area contributed by atoms with Crippen LogP contribution < -0.4 is 5.48 Å². The van der Waals surface area contributed by atoms with Crippen molar-refractivity contribution in [3.8, 4) is 0 Å². The molecule has 17 heavy (non-hydrogen) atoms. The molecule has 2 rings (SSSR count). The number of nitrogens with zero attached hydrogens (tertiary/aromatic N) is 1. The highest BCUT2D eigenvalue weighted by Crippen LogP contribution is 2.35. The lowest BCUT2D eigenvalue weighted by Crippen LogP contribution is -2.36. The van der Waals surface area contributed by atoms with E-state index in [0.29, 0.717) is 6.61 Å². The van der Waals surface area contributed by atoms with E-state index in [1.54, 1.807) is 7.11 Å². The molecule has 1 N–H and O–H groups in total. The van der Waals surface area contributed by atoms with Gasteiger partial charge >= 0.3 is 5.97 Å². The Balaban J connectivity index is 1.80. The zero-order valence-corrected chi connectivity index (χ0v) is 10.7. The van der Waals surface area contributed by atoms with Crippen LogP contribution >= 0.6 is 11.8 Å². The Hall–Kier alpha value is -0.790. The molecule has 3 unspecified atom stereocenters. The third-order valence-electron chi connectivity index (χ3n) is 2.60. The highest BCUT2D eigenvalue weighted by molar-refractivity contribution is 8.14. The Morgan fingerprint density at radius 2 is 2.47 bits per heavy atom. The molecule has 1 saturated heterocycles. The van der Waals surface area contributed by atoms with Crippen LogP contribution in [0, 0.1) is 0 Å². The van der Waals surface area contributed by atoms with Crippen molar-refractivity contribution < 1.29 is 19.1 Å². The monoisotopic (exact) mass is 260 g/mol. The number of ether oxygens (including phenoxy) is 2. The summed E-state index contributed by atoms with van der Waals surface area (Å²) in [5, 5.41) is 0.746. The Kier molecular flexibility index (Phi) is 4.25. The van der Waals surface area contributed by atoms with Gasteiger partial charge in [0.2, 0.25) is 0 Å². The summed E-state index contributed by atoms with van der Waals surface area (Å²) in [6.45, 7) is 1.73. The number of nitrogens with one attached hydrogen (secondary N) is 1. The second-order valence-electron chi connectivity index (χ2n) is 3.93. The van der Waals surface area contributed by atoms with E-state index in [2.05, 4.69) is 10.5 Å². The molecule has 3 atom stereocenters. The normalized spacial score (nSPS) is 31.6. The highest BCUT2D eigenvalue weighted by atomic mass is 32.2. The first-order chi connectivity index (χ1) is 8.19. The minimum absolute atomic E-state index is 0.00181. The summed E-state index contributed by atoms with van der Waals surface area (Å²) < 4.78 is 10.8. The molecular formula is C10H16N2O4S. The van der Waals surface area contributed by atoms with Gasteiger partial charge in [-0.25, -0.2) is 5.48 Å². The fraction of sp³-hybridized carbons (Fsp3) is 0.800. The van der Waals surface area contributed by atoms with Gasteiger partial charge in [-0.1, -0.05) is 11.8 Å². The van der Waals surface area contributed by atoms with Gasteiger partial charge in [0.15, 0.2) is 5.17 Å². The van der Waals surface area contributed by atoms with Crippen molar-refractivity contribution in [1.29, 1.82) is 0 Å². The van der Waals surface area contributed by atoms with Gasteiger partial charge in [0.25, 0.3) is 0 Å². The van der Waals surface area contributed by atoms with E-state index in [4.69, 9.17) is 14.3 Å². The van der Waals surface area contributed by atoms with Gasteiger partial charge in [-0.2, -0.15) is 0 Å². The van der Waals surface area contributed by atoms with Crippen LogP contribution in [0.3, 0.4) is 0 Å². The Labute approximate surface area is 104 Å². The maximum absolute atomic E-state index is 10.7. The second-order valence-corrected chi connectivity index (χ2v) is 5.02. The molecule has 2 aliphatic heterocycles. The number of thioether (sulfide) groups is 1. The lowest BCUT2D eigenvalue weighted by atomic mass is 10.1. The first kappa shape index (κ1) is 12.7. The molecule has 0 amide bonds. The van der Waals surface area contributed by atoms with Crippen LogP contribution in [0.4, 0.5) is 0 Å². The Morgan fingerprint density at radius 1 is 1.65 bits per heavy atom. The Bertz CT molecular complexity index is 323. The van der Waals surface area contributed by atoms with E-state index in [0.717, 1.165) is 18.0 Å². The third-order valence-corrected chi connectivity index (χ3v) is 3.67. The number of rotatable bonds is 3. The number of carbonyl (C=O) groups is 1. The topological polar surface area (TPSA) is 69.1 Å². The summed E-state index contributed by atoms with van der Waals surface area (Å²) in [5.41, 5.74) is 2.72. The summed E-state index contributed by atoms with van der Waals surface area (Å²) in [4.78, 5) is 20.0. The molecule has 7 heteroatoms. The molecule has 2 aliphatic rings. The zero-order chi connectivity index (χ0) is 12.3. The van der Waals surface area contributed by atoms with E-state index in [1.807, 2.05) is 0 Å². The minimum atomic E-state index is -0.271. The van der Waals surface area contributed by atoms with Crippen LogP contribution in [0.5, 0.6) is 0 Å². The molecule has 0 aromatic rings. The highest BCUT2D eigenvalue weighted by Gasteiger charge is 2.37. The molecule has 6 nitrogen and oxygen atoms in total. The average Bonchev–Trinajstić information content (AvgIpc) is 2.68. The van der Waals surface area contributed by atoms with Crippen LogP contribution in [0.1, 0.15) is 19.8 Å². The zero-order valence-electron chi connectivity index (χ0n) is 9.84. The van der Waals surface area contributed by atoms with Crippen LogP contribution in [0.2, 0.25) is 0 Å². The van der Waals surface area contributed by atoms with E-state index < -0.39 is 0 Å². The number of amidine groups is 1. The summed E-state index contributed by atoms with van der Waals surface area (Å²) >= 11 is 1.51. The first-order valence-corrected chi connectivity index (χ1v) is 6.39. The van der Waals surface area contributed by atoms with E-state index >= 15 is 0 Å². The maximum atomic E-state index is 10.7. The van der Waals surface area contributed by atoms with Gasteiger partial charge in [0.05, 0.1) is 19.3 Å². The molecule has 0 aromatic heterocycles. The van der Waals surface area contributed by atoms with Gasteiger partial charge in [-0.15, -0.1) is 0 Å². The van der Waals surface area contributed by atoms with Crippen LogP contribution in [0.25, 0.3) is 0 Å². The molecule has 0 saturated carbocycles. The van der Waals surface area contributed by atoms with Crippen molar-refractivity contribution in [3.63, 3.8) is 0 Å². The summed E-state index contributed by atoms with van der Waals surface area (Å²) in [6.07, 6.45) is 1.78. The summed E-state index contributed by atoms with van der Waals surface area (Å²) in [6, 6.07) is 0.172.